The summed E-state index contributed by atoms with van der Waals surface area (Å²) < 4.78 is 5.71. The van der Waals surface area contributed by atoms with Crippen LogP contribution in [0, 0.1) is 0 Å². The van der Waals surface area contributed by atoms with Crippen LogP contribution in [0.5, 0.6) is 0 Å². The van der Waals surface area contributed by atoms with E-state index in [1.54, 1.807) is 0 Å². The number of pyridine rings is 1. The predicted molar refractivity (Wildman–Crippen MR) is 84.7 cm³/mol. The molecule has 1 saturated heterocycles. The second-order valence-electron chi connectivity index (χ2n) is 5.69. The highest BCUT2D eigenvalue weighted by molar-refractivity contribution is 6.17. The topological polar surface area (TPSA) is 25.4 Å². The Morgan fingerprint density at radius 2 is 2.05 bits per heavy atom. The normalized spacial score (nSPS) is 16.9. The van der Waals surface area contributed by atoms with E-state index < -0.39 is 0 Å². The zero-order valence-electron chi connectivity index (χ0n) is 12.7. The van der Waals surface area contributed by atoms with Crippen LogP contribution in [0.25, 0.3) is 0 Å². The Morgan fingerprint density at radius 3 is 2.60 bits per heavy atom. The predicted octanol–water partition coefficient (Wildman–Crippen LogP) is 3.95. The lowest BCUT2D eigenvalue weighted by atomic mass is 10.1. The molecular formula is C16H25ClN2O. The van der Waals surface area contributed by atoms with E-state index in [-0.39, 0.29) is 0 Å². The molecule has 0 radical (unpaired) electrons. The van der Waals surface area contributed by atoms with Crippen LogP contribution in [0.4, 0.5) is 5.82 Å². The molecule has 3 nitrogen and oxygen atoms in total. The summed E-state index contributed by atoms with van der Waals surface area (Å²) in [7, 11) is 0. The summed E-state index contributed by atoms with van der Waals surface area (Å²) in [6.45, 7) is 9.24. The lowest BCUT2D eigenvalue weighted by Crippen LogP contribution is -2.37. The third kappa shape index (κ3) is 3.86. The largest absolute Gasteiger partial charge is 0.378 e. The molecule has 0 aliphatic carbocycles. The molecule has 0 spiro atoms. The Morgan fingerprint density at radius 1 is 1.35 bits per heavy atom. The molecule has 0 bridgehead atoms. The van der Waals surface area contributed by atoms with Crippen LogP contribution in [-0.2, 0) is 10.6 Å². The molecule has 0 N–H and O–H groups in total. The van der Waals surface area contributed by atoms with Crippen LogP contribution in [0.3, 0.4) is 0 Å². The standard InChI is InChI=1S/C16H25ClN2O/c1-4-20-14-5-7-19(8-6-14)16-10-13(11-17)9-15(18-16)12(2)3/h9-10,12,14H,4-8,11H2,1-3H3. The number of ether oxygens (including phenoxy) is 1. The molecule has 0 atom stereocenters. The summed E-state index contributed by atoms with van der Waals surface area (Å²) in [6, 6.07) is 4.24. The van der Waals surface area contributed by atoms with E-state index in [0.717, 1.165) is 49.6 Å². The maximum absolute atomic E-state index is 6.01. The Kier molecular flexibility index (Phi) is 5.67. The van der Waals surface area contributed by atoms with Crippen LogP contribution >= 0.6 is 11.6 Å². The molecule has 1 aliphatic rings. The molecule has 1 fully saturated rings. The molecule has 2 heterocycles. The Bertz CT molecular complexity index is 428. The molecule has 112 valence electrons. The zero-order valence-corrected chi connectivity index (χ0v) is 13.5. The number of hydrogen-bond donors (Lipinski definition) is 0. The lowest BCUT2D eigenvalue weighted by Gasteiger charge is -2.33. The highest BCUT2D eigenvalue weighted by atomic mass is 35.5. The average Bonchev–Trinajstić information content (AvgIpc) is 2.47. The minimum atomic E-state index is 0.414. The minimum absolute atomic E-state index is 0.414. The number of anilines is 1. The van der Waals surface area contributed by atoms with Crippen molar-refractivity contribution in [2.75, 3.05) is 24.6 Å². The van der Waals surface area contributed by atoms with E-state index in [9.17, 15) is 0 Å². The van der Waals surface area contributed by atoms with Crippen molar-refractivity contribution in [3.8, 4) is 0 Å². The SMILES string of the molecule is CCOC1CCN(c2cc(CCl)cc(C(C)C)n2)CC1. The molecule has 1 aromatic heterocycles. The minimum Gasteiger partial charge on any atom is -0.378 e. The maximum atomic E-state index is 6.01. The van der Waals surface area contributed by atoms with Gasteiger partial charge < -0.3 is 9.64 Å². The van der Waals surface area contributed by atoms with E-state index in [4.69, 9.17) is 21.3 Å². The second-order valence-corrected chi connectivity index (χ2v) is 5.96. The van der Waals surface area contributed by atoms with Gasteiger partial charge in [0, 0.05) is 31.3 Å². The summed E-state index contributed by atoms with van der Waals surface area (Å²) in [5, 5.41) is 0. The molecule has 1 aromatic rings. The summed E-state index contributed by atoms with van der Waals surface area (Å²) >= 11 is 6.01. The molecule has 1 aliphatic heterocycles. The molecule has 0 saturated carbocycles. The maximum Gasteiger partial charge on any atom is 0.129 e. The van der Waals surface area contributed by atoms with Crippen molar-refractivity contribution in [3.63, 3.8) is 0 Å². The highest BCUT2D eigenvalue weighted by Crippen LogP contribution is 2.24. The molecule has 2 rings (SSSR count). The fourth-order valence-corrected chi connectivity index (χ4v) is 2.77. The number of nitrogens with zero attached hydrogens (tertiary/aromatic N) is 2. The molecule has 0 aromatic carbocycles. The average molecular weight is 297 g/mol. The molecular weight excluding hydrogens is 272 g/mol. The van der Waals surface area contributed by atoms with Gasteiger partial charge in [0.1, 0.15) is 5.82 Å². The monoisotopic (exact) mass is 296 g/mol. The molecule has 0 unspecified atom stereocenters. The van der Waals surface area contributed by atoms with E-state index >= 15 is 0 Å². The first-order chi connectivity index (χ1) is 9.63. The van der Waals surface area contributed by atoms with Gasteiger partial charge in [-0.25, -0.2) is 4.98 Å². The van der Waals surface area contributed by atoms with Crippen LogP contribution in [0.1, 0.15) is 50.8 Å². The first kappa shape index (κ1) is 15.6. The van der Waals surface area contributed by atoms with Crippen molar-refractivity contribution >= 4 is 17.4 Å². The number of alkyl halides is 1. The number of piperidine rings is 1. The fraction of sp³-hybridized carbons (Fsp3) is 0.688. The fourth-order valence-electron chi connectivity index (χ4n) is 2.62. The van der Waals surface area contributed by atoms with Gasteiger partial charge in [-0.3, -0.25) is 0 Å². The summed E-state index contributed by atoms with van der Waals surface area (Å²) in [4.78, 5) is 7.16. The third-order valence-corrected chi connectivity index (χ3v) is 4.11. The van der Waals surface area contributed by atoms with Gasteiger partial charge in [-0.1, -0.05) is 13.8 Å². The number of hydrogen-bond acceptors (Lipinski definition) is 3. The van der Waals surface area contributed by atoms with Crippen LogP contribution in [0.15, 0.2) is 12.1 Å². The van der Waals surface area contributed by atoms with E-state index in [1.165, 1.54) is 0 Å². The van der Waals surface area contributed by atoms with Gasteiger partial charge in [-0.15, -0.1) is 11.6 Å². The van der Waals surface area contributed by atoms with Crippen molar-refractivity contribution in [2.24, 2.45) is 0 Å². The summed E-state index contributed by atoms with van der Waals surface area (Å²) in [5.41, 5.74) is 2.29. The van der Waals surface area contributed by atoms with Crippen LogP contribution in [-0.4, -0.2) is 30.8 Å². The lowest BCUT2D eigenvalue weighted by molar-refractivity contribution is 0.0458. The van der Waals surface area contributed by atoms with Gasteiger partial charge in [0.05, 0.1) is 6.10 Å². The quantitative estimate of drug-likeness (QED) is 0.769. The van der Waals surface area contributed by atoms with E-state index in [1.807, 2.05) is 0 Å². The summed E-state index contributed by atoms with van der Waals surface area (Å²) in [6.07, 6.45) is 2.58. The van der Waals surface area contributed by atoms with Gasteiger partial charge >= 0.3 is 0 Å². The summed E-state index contributed by atoms with van der Waals surface area (Å²) in [5.74, 6) is 2.05. The van der Waals surface area contributed by atoms with Crippen molar-refractivity contribution in [1.82, 2.24) is 4.98 Å². The van der Waals surface area contributed by atoms with Gasteiger partial charge in [-0.2, -0.15) is 0 Å². The number of aromatic nitrogens is 1. The Labute approximate surface area is 127 Å². The van der Waals surface area contributed by atoms with Gasteiger partial charge in [0.25, 0.3) is 0 Å². The number of rotatable bonds is 5. The van der Waals surface area contributed by atoms with Crippen molar-refractivity contribution < 1.29 is 4.74 Å². The highest BCUT2D eigenvalue weighted by Gasteiger charge is 2.21. The van der Waals surface area contributed by atoms with Crippen molar-refractivity contribution in [1.29, 1.82) is 0 Å². The van der Waals surface area contributed by atoms with Crippen molar-refractivity contribution in [2.45, 2.75) is 51.5 Å². The smallest absolute Gasteiger partial charge is 0.129 e. The Hall–Kier alpha value is -0.800. The van der Waals surface area contributed by atoms with Gasteiger partial charge in [-0.05, 0) is 43.4 Å². The molecule has 0 amide bonds. The van der Waals surface area contributed by atoms with E-state index in [0.29, 0.717) is 17.9 Å². The van der Waals surface area contributed by atoms with Gasteiger partial charge in [0.2, 0.25) is 0 Å². The van der Waals surface area contributed by atoms with Crippen LogP contribution < -0.4 is 4.90 Å². The molecule has 20 heavy (non-hydrogen) atoms. The first-order valence-corrected chi connectivity index (χ1v) is 8.10. The van der Waals surface area contributed by atoms with Crippen LogP contribution in [0.2, 0.25) is 0 Å². The van der Waals surface area contributed by atoms with E-state index in [2.05, 4.69) is 37.8 Å². The first-order valence-electron chi connectivity index (χ1n) is 7.57. The second kappa shape index (κ2) is 7.28. The molecule has 4 heteroatoms. The van der Waals surface area contributed by atoms with Gasteiger partial charge in [0.15, 0.2) is 0 Å². The zero-order chi connectivity index (χ0) is 14.5. The number of halogens is 1. The Balaban J connectivity index is 2.10. The third-order valence-electron chi connectivity index (χ3n) is 3.81. The van der Waals surface area contributed by atoms with Crippen molar-refractivity contribution in [3.05, 3.63) is 23.4 Å².